The molecule has 0 fully saturated rings. The van der Waals surface area contributed by atoms with Crippen LogP contribution in [0.25, 0.3) is 22.1 Å². The molecule has 0 N–H and O–H groups in total. The number of methoxy groups -OCH3 is 1. The first-order valence-electron chi connectivity index (χ1n) is 8.97. The van der Waals surface area contributed by atoms with E-state index in [4.69, 9.17) is 13.9 Å². The Morgan fingerprint density at radius 2 is 1.70 bits per heavy atom. The number of para-hydroxylation sites is 1. The van der Waals surface area contributed by atoms with Crippen LogP contribution >= 0.6 is 0 Å². The summed E-state index contributed by atoms with van der Waals surface area (Å²) in [6.45, 7) is 4.91. The summed E-state index contributed by atoms with van der Waals surface area (Å²) in [6, 6.07) is 9.58. The average molecular weight is 420 g/mol. The maximum Gasteiger partial charge on any atom is 0.450 e. The Balaban J connectivity index is 2.27. The Morgan fingerprint density at radius 1 is 1.03 bits per heavy atom. The van der Waals surface area contributed by atoms with Gasteiger partial charge in [-0.2, -0.15) is 13.2 Å². The number of hydrogen-bond donors (Lipinski definition) is 0. The highest BCUT2D eigenvalue weighted by molar-refractivity contribution is 5.86. The molecule has 2 aromatic carbocycles. The fourth-order valence-corrected chi connectivity index (χ4v) is 2.79. The summed E-state index contributed by atoms with van der Waals surface area (Å²) in [4.78, 5) is 25.1. The largest absolute Gasteiger partial charge is 0.496 e. The van der Waals surface area contributed by atoms with Gasteiger partial charge >= 0.3 is 12.1 Å². The van der Waals surface area contributed by atoms with Crippen molar-refractivity contribution in [3.63, 3.8) is 0 Å². The summed E-state index contributed by atoms with van der Waals surface area (Å²) >= 11 is 0. The van der Waals surface area contributed by atoms with E-state index in [1.54, 1.807) is 26.8 Å². The highest BCUT2D eigenvalue weighted by Crippen LogP contribution is 2.40. The predicted octanol–water partition coefficient (Wildman–Crippen LogP) is 5.44. The smallest absolute Gasteiger partial charge is 0.450 e. The summed E-state index contributed by atoms with van der Waals surface area (Å²) in [6.07, 6.45) is -4.94. The molecule has 0 aliphatic heterocycles. The van der Waals surface area contributed by atoms with Crippen LogP contribution in [-0.4, -0.2) is 13.1 Å². The summed E-state index contributed by atoms with van der Waals surface area (Å²) in [5.41, 5.74) is -2.72. The standard InChI is InChI=1S/C22H19F3O5/c1-21(2,3)20(27)29-12-9-10-14-16(11-12)30-19(22(23,24)25)17(18(14)26)13-7-5-6-8-15(13)28-4/h5-11H,1-4H3. The van der Waals surface area contributed by atoms with E-state index < -0.39 is 34.3 Å². The van der Waals surface area contributed by atoms with Crippen molar-refractivity contribution in [1.29, 1.82) is 0 Å². The van der Waals surface area contributed by atoms with Crippen molar-refractivity contribution in [2.75, 3.05) is 7.11 Å². The van der Waals surface area contributed by atoms with Crippen molar-refractivity contribution < 1.29 is 31.9 Å². The fraction of sp³-hybridized carbons (Fsp3) is 0.273. The first kappa shape index (κ1) is 21.4. The monoisotopic (exact) mass is 420 g/mol. The lowest BCUT2D eigenvalue weighted by molar-refractivity contribution is -0.152. The van der Waals surface area contributed by atoms with Crippen molar-refractivity contribution in [2.45, 2.75) is 26.9 Å². The number of ether oxygens (including phenoxy) is 2. The quantitative estimate of drug-likeness (QED) is 0.417. The molecule has 3 aromatic rings. The number of carbonyl (C=O) groups is 1. The van der Waals surface area contributed by atoms with Crippen molar-refractivity contribution >= 4 is 16.9 Å². The molecule has 1 heterocycles. The van der Waals surface area contributed by atoms with Gasteiger partial charge in [0.25, 0.3) is 0 Å². The van der Waals surface area contributed by atoms with Gasteiger partial charge in [-0.05, 0) is 39.0 Å². The molecule has 0 amide bonds. The number of alkyl halides is 3. The molecule has 8 heteroatoms. The normalized spacial score (nSPS) is 12.1. The Labute approximate surface area is 170 Å². The second-order valence-electron chi connectivity index (χ2n) is 7.63. The molecule has 0 atom stereocenters. The van der Waals surface area contributed by atoms with Gasteiger partial charge in [-0.1, -0.05) is 18.2 Å². The van der Waals surface area contributed by atoms with Crippen LogP contribution in [0.5, 0.6) is 11.5 Å². The summed E-state index contributed by atoms with van der Waals surface area (Å²) in [5.74, 6) is -1.95. The molecule has 0 saturated carbocycles. The Kier molecular flexibility index (Phi) is 5.36. The molecular weight excluding hydrogens is 401 g/mol. The molecule has 30 heavy (non-hydrogen) atoms. The third-order valence-corrected chi connectivity index (χ3v) is 4.32. The Hall–Kier alpha value is -3.29. The topological polar surface area (TPSA) is 65.7 Å². The molecule has 3 rings (SSSR count). The average Bonchev–Trinajstić information content (AvgIpc) is 2.66. The molecule has 158 valence electrons. The van der Waals surface area contributed by atoms with Crippen LogP contribution in [0.2, 0.25) is 0 Å². The molecule has 0 saturated heterocycles. The Bertz CT molecular complexity index is 1170. The van der Waals surface area contributed by atoms with Crippen molar-refractivity contribution in [2.24, 2.45) is 5.41 Å². The van der Waals surface area contributed by atoms with Crippen LogP contribution in [0, 0.1) is 5.41 Å². The minimum atomic E-state index is -4.94. The third-order valence-electron chi connectivity index (χ3n) is 4.32. The number of benzene rings is 2. The SMILES string of the molecule is COc1ccccc1-c1c(C(F)(F)F)oc2cc(OC(=O)C(C)(C)C)ccc2c1=O. The first-order chi connectivity index (χ1) is 13.9. The van der Waals surface area contributed by atoms with E-state index >= 15 is 0 Å². The zero-order valence-corrected chi connectivity index (χ0v) is 16.7. The number of esters is 1. The lowest BCUT2D eigenvalue weighted by Crippen LogP contribution is -2.25. The molecule has 0 bridgehead atoms. The highest BCUT2D eigenvalue weighted by atomic mass is 19.4. The van der Waals surface area contributed by atoms with Crippen molar-refractivity contribution in [1.82, 2.24) is 0 Å². The van der Waals surface area contributed by atoms with Gasteiger partial charge < -0.3 is 13.9 Å². The zero-order chi connectivity index (χ0) is 22.3. The van der Waals surface area contributed by atoms with Crippen LogP contribution in [-0.2, 0) is 11.0 Å². The lowest BCUT2D eigenvalue weighted by Gasteiger charge is -2.17. The first-order valence-corrected chi connectivity index (χ1v) is 8.97. The summed E-state index contributed by atoms with van der Waals surface area (Å²) < 4.78 is 56.8. The van der Waals surface area contributed by atoms with E-state index in [0.29, 0.717) is 0 Å². The predicted molar refractivity (Wildman–Crippen MR) is 105 cm³/mol. The van der Waals surface area contributed by atoms with Crippen LogP contribution in [0.4, 0.5) is 13.2 Å². The Morgan fingerprint density at radius 3 is 2.30 bits per heavy atom. The fourth-order valence-electron chi connectivity index (χ4n) is 2.79. The second kappa shape index (κ2) is 7.51. The molecule has 0 aliphatic rings. The minimum Gasteiger partial charge on any atom is -0.496 e. The van der Waals surface area contributed by atoms with Gasteiger partial charge in [-0.25, -0.2) is 0 Å². The molecule has 5 nitrogen and oxygen atoms in total. The van der Waals surface area contributed by atoms with Crippen molar-refractivity contribution in [3.05, 3.63) is 58.4 Å². The van der Waals surface area contributed by atoms with E-state index in [2.05, 4.69) is 0 Å². The van der Waals surface area contributed by atoms with Crippen LogP contribution in [0.1, 0.15) is 26.5 Å². The van der Waals surface area contributed by atoms with Gasteiger partial charge in [-0.3, -0.25) is 9.59 Å². The van der Waals surface area contributed by atoms with Crippen LogP contribution in [0.15, 0.2) is 51.7 Å². The molecular formula is C22H19F3O5. The van der Waals surface area contributed by atoms with Gasteiger partial charge in [0.2, 0.25) is 11.2 Å². The van der Waals surface area contributed by atoms with Gasteiger partial charge in [-0.15, -0.1) is 0 Å². The number of hydrogen-bond acceptors (Lipinski definition) is 5. The second-order valence-corrected chi connectivity index (χ2v) is 7.63. The van der Waals surface area contributed by atoms with Crippen molar-refractivity contribution in [3.8, 4) is 22.6 Å². The molecule has 0 radical (unpaired) electrons. The number of halogens is 3. The summed E-state index contributed by atoms with van der Waals surface area (Å²) in [5, 5.41) is -0.0838. The molecule has 0 spiro atoms. The number of fused-ring (bicyclic) bond motifs is 1. The van der Waals surface area contributed by atoms with Gasteiger partial charge in [0.15, 0.2) is 0 Å². The third kappa shape index (κ3) is 4.03. The maximum absolute atomic E-state index is 13.8. The number of rotatable bonds is 3. The molecule has 1 aromatic heterocycles. The zero-order valence-electron chi connectivity index (χ0n) is 16.7. The van der Waals surface area contributed by atoms with Crippen LogP contribution < -0.4 is 14.9 Å². The summed E-state index contributed by atoms with van der Waals surface area (Å²) in [7, 11) is 1.30. The molecule has 0 aliphatic carbocycles. The minimum absolute atomic E-state index is 0.0243. The van der Waals surface area contributed by atoms with E-state index in [9.17, 15) is 22.8 Å². The van der Waals surface area contributed by atoms with E-state index in [-0.39, 0.29) is 28.0 Å². The van der Waals surface area contributed by atoms with E-state index in [1.165, 1.54) is 37.4 Å². The lowest BCUT2D eigenvalue weighted by atomic mass is 9.97. The van der Waals surface area contributed by atoms with Gasteiger partial charge in [0, 0.05) is 11.6 Å². The van der Waals surface area contributed by atoms with Gasteiger partial charge in [0.1, 0.15) is 17.1 Å². The maximum atomic E-state index is 13.8. The molecule has 0 unspecified atom stereocenters. The van der Waals surface area contributed by atoms with Crippen LogP contribution in [0.3, 0.4) is 0 Å². The van der Waals surface area contributed by atoms with E-state index in [1.807, 2.05) is 0 Å². The highest BCUT2D eigenvalue weighted by Gasteiger charge is 2.40. The van der Waals surface area contributed by atoms with E-state index in [0.717, 1.165) is 6.07 Å². The van der Waals surface area contributed by atoms with Gasteiger partial charge in [0.05, 0.1) is 23.5 Å². The number of carbonyl (C=O) groups excluding carboxylic acids is 1.